The van der Waals surface area contributed by atoms with Gasteiger partial charge in [0.05, 0.1) is 12.7 Å². The van der Waals surface area contributed by atoms with Crippen molar-refractivity contribution in [2.24, 2.45) is 0 Å². The Labute approximate surface area is 202 Å². The minimum absolute atomic E-state index is 0.0123. The lowest BCUT2D eigenvalue weighted by molar-refractivity contribution is -0.121. The molecule has 0 unspecified atom stereocenters. The quantitative estimate of drug-likeness (QED) is 0.427. The van der Waals surface area contributed by atoms with E-state index in [9.17, 15) is 18.8 Å². The smallest absolute Gasteiger partial charge is 0.270 e. The molecule has 4 heterocycles. The van der Waals surface area contributed by atoms with E-state index in [-0.39, 0.29) is 48.9 Å². The van der Waals surface area contributed by atoms with Crippen molar-refractivity contribution < 1.29 is 23.5 Å². The Balaban J connectivity index is 1.34. The second kappa shape index (κ2) is 9.26. The third-order valence-electron chi connectivity index (χ3n) is 5.47. The molecule has 9 nitrogen and oxygen atoms in total. The molecular formula is C24H20FN5O4S. The zero-order chi connectivity index (χ0) is 24.5. The maximum atomic E-state index is 14.3. The van der Waals surface area contributed by atoms with Gasteiger partial charge in [-0.3, -0.25) is 14.4 Å². The monoisotopic (exact) mass is 493 g/mol. The van der Waals surface area contributed by atoms with E-state index < -0.39 is 17.6 Å². The fourth-order valence-corrected chi connectivity index (χ4v) is 4.60. The number of nitrogens with one attached hydrogen (secondary N) is 2. The predicted octanol–water partition coefficient (Wildman–Crippen LogP) is 2.60. The molecule has 2 N–H and O–H groups in total. The number of thiophene rings is 1. The number of fused-ring (bicyclic) bond motifs is 2. The number of rotatable bonds is 6. The molecule has 3 aromatic heterocycles. The molecule has 0 atom stereocenters. The van der Waals surface area contributed by atoms with Crippen LogP contribution in [0.2, 0.25) is 0 Å². The van der Waals surface area contributed by atoms with E-state index in [0.29, 0.717) is 5.75 Å². The van der Waals surface area contributed by atoms with E-state index >= 15 is 0 Å². The van der Waals surface area contributed by atoms with Crippen LogP contribution in [0.4, 0.5) is 4.39 Å². The van der Waals surface area contributed by atoms with Crippen molar-refractivity contribution in [1.82, 2.24) is 25.2 Å². The summed E-state index contributed by atoms with van der Waals surface area (Å²) in [6, 6.07) is 10.5. The first kappa shape index (κ1) is 22.7. The maximum Gasteiger partial charge on any atom is 0.270 e. The summed E-state index contributed by atoms with van der Waals surface area (Å²) in [6.45, 7) is 2.47. The number of amides is 2. The van der Waals surface area contributed by atoms with Crippen LogP contribution >= 0.6 is 11.3 Å². The fourth-order valence-electron chi connectivity index (χ4n) is 3.77. The van der Waals surface area contributed by atoms with Crippen LogP contribution in [-0.2, 0) is 24.3 Å². The van der Waals surface area contributed by atoms with Gasteiger partial charge >= 0.3 is 0 Å². The van der Waals surface area contributed by atoms with Gasteiger partial charge < -0.3 is 15.4 Å². The topological polar surface area (TPSA) is 115 Å². The Kier molecular flexibility index (Phi) is 6.00. The summed E-state index contributed by atoms with van der Waals surface area (Å²) in [5, 5.41) is 9.39. The Hall–Kier alpha value is -4.12. The number of benzene rings is 1. The lowest BCUT2D eigenvalue weighted by Gasteiger charge is -2.17. The summed E-state index contributed by atoms with van der Waals surface area (Å²) in [6.07, 6.45) is 1.22. The van der Waals surface area contributed by atoms with E-state index in [1.54, 1.807) is 29.5 Å². The number of ketones is 1. The molecule has 0 saturated heterocycles. The molecule has 0 aliphatic carbocycles. The van der Waals surface area contributed by atoms with E-state index in [4.69, 9.17) is 4.74 Å². The van der Waals surface area contributed by atoms with Crippen molar-refractivity contribution in [3.63, 3.8) is 0 Å². The van der Waals surface area contributed by atoms with Gasteiger partial charge in [-0.2, -0.15) is 5.10 Å². The lowest BCUT2D eigenvalue weighted by atomic mass is 10.0. The van der Waals surface area contributed by atoms with Crippen LogP contribution in [0.1, 0.15) is 41.9 Å². The van der Waals surface area contributed by atoms with E-state index in [2.05, 4.69) is 20.7 Å². The molecule has 35 heavy (non-hydrogen) atoms. The molecule has 5 rings (SSSR count). The van der Waals surface area contributed by atoms with Gasteiger partial charge in [-0.15, -0.1) is 11.3 Å². The molecule has 1 aliphatic heterocycles. The summed E-state index contributed by atoms with van der Waals surface area (Å²) in [7, 11) is 0. The molecule has 4 aromatic rings. The van der Waals surface area contributed by atoms with Gasteiger partial charge in [0, 0.05) is 34.3 Å². The molecule has 1 aromatic carbocycles. The lowest BCUT2D eigenvalue weighted by Crippen LogP contribution is -2.28. The number of halogens is 1. The Morgan fingerprint density at radius 3 is 2.77 bits per heavy atom. The van der Waals surface area contributed by atoms with E-state index in [0.717, 1.165) is 31.6 Å². The second-order valence-corrected chi connectivity index (χ2v) is 9.45. The third kappa shape index (κ3) is 4.76. The fraction of sp³-hybridized carbons (Fsp3) is 0.208. The van der Waals surface area contributed by atoms with Crippen LogP contribution in [-0.4, -0.2) is 38.8 Å². The van der Waals surface area contributed by atoms with Crippen LogP contribution < -0.4 is 15.4 Å². The van der Waals surface area contributed by atoms with Crippen molar-refractivity contribution in [2.45, 2.75) is 26.4 Å². The number of nitrogens with zero attached hydrogens (tertiary/aromatic N) is 3. The number of hydrogen-bond donors (Lipinski definition) is 2. The van der Waals surface area contributed by atoms with Gasteiger partial charge in [0.1, 0.15) is 23.7 Å². The van der Waals surface area contributed by atoms with Gasteiger partial charge in [0.15, 0.2) is 17.2 Å². The number of hydrogen-bond acceptors (Lipinski definition) is 7. The molecule has 0 bridgehead atoms. The summed E-state index contributed by atoms with van der Waals surface area (Å²) >= 11 is 1.55. The Morgan fingerprint density at radius 1 is 1.14 bits per heavy atom. The molecule has 178 valence electrons. The van der Waals surface area contributed by atoms with Crippen LogP contribution in [0.25, 0.3) is 5.65 Å². The van der Waals surface area contributed by atoms with Crippen molar-refractivity contribution >= 4 is 34.6 Å². The van der Waals surface area contributed by atoms with Crippen molar-refractivity contribution in [1.29, 1.82) is 0 Å². The maximum absolute atomic E-state index is 14.3. The standard InChI is InChI=1S/C24H20FN5O4S/c1-13-2-4-17(35-13)10-27-24(33)20-8-19(29-22-18(25)11-28-30(20)22)23(32)26-9-14-3-5-21-15(6-14)7-16(31)12-34-21/h2-6,8,11H,7,9-10,12H2,1H3,(H,26,32)(H,27,33). The molecule has 0 fully saturated rings. The average molecular weight is 494 g/mol. The third-order valence-corrected chi connectivity index (χ3v) is 6.47. The summed E-state index contributed by atoms with van der Waals surface area (Å²) < 4.78 is 20.7. The highest BCUT2D eigenvalue weighted by molar-refractivity contribution is 7.11. The molecule has 11 heteroatoms. The number of ether oxygens (including phenoxy) is 1. The molecule has 0 saturated carbocycles. The summed E-state index contributed by atoms with van der Waals surface area (Å²) in [5.41, 5.74) is 1.16. The number of aryl methyl sites for hydroxylation is 1. The SMILES string of the molecule is Cc1ccc(CNC(=O)c2cc(C(=O)NCc3ccc4c(c3)CC(=O)CO4)nc3c(F)cnn23)s1. The van der Waals surface area contributed by atoms with Crippen LogP contribution in [0, 0.1) is 12.7 Å². The molecule has 2 amide bonds. The van der Waals surface area contributed by atoms with Gasteiger partial charge in [-0.25, -0.2) is 13.9 Å². The average Bonchev–Trinajstić information content (AvgIpc) is 3.45. The van der Waals surface area contributed by atoms with Crippen LogP contribution in [0.5, 0.6) is 5.75 Å². The van der Waals surface area contributed by atoms with E-state index in [1.165, 1.54) is 6.07 Å². The largest absolute Gasteiger partial charge is 0.486 e. The van der Waals surface area contributed by atoms with Crippen molar-refractivity contribution in [2.75, 3.05) is 6.61 Å². The minimum atomic E-state index is -0.748. The van der Waals surface area contributed by atoms with E-state index in [1.807, 2.05) is 19.1 Å². The zero-order valence-corrected chi connectivity index (χ0v) is 19.4. The number of Topliss-reactive ketones (excluding diaryl/α,β-unsaturated/α-hetero) is 1. The Morgan fingerprint density at radius 2 is 1.97 bits per heavy atom. The first-order valence-corrected chi connectivity index (χ1v) is 11.6. The van der Waals surface area contributed by atoms with Gasteiger partial charge in [0.2, 0.25) is 0 Å². The summed E-state index contributed by atoms with van der Waals surface area (Å²) in [4.78, 5) is 43.5. The number of aromatic nitrogens is 3. The highest BCUT2D eigenvalue weighted by atomic mass is 32.1. The number of carbonyl (C=O) groups excluding carboxylic acids is 3. The Bertz CT molecular complexity index is 1480. The highest BCUT2D eigenvalue weighted by Gasteiger charge is 2.21. The molecular weight excluding hydrogens is 473 g/mol. The van der Waals surface area contributed by atoms with Crippen molar-refractivity contribution in [3.05, 3.63) is 80.7 Å². The van der Waals surface area contributed by atoms with Crippen LogP contribution in [0.3, 0.4) is 0 Å². The normalized spacial score (nSPS) is 12.8. The minimum Gasteiger partial charge on any atom is -0.486 e. The molecule has 0 spiro atoms. The van der Waals surface area contributed by atoms with Gasteiger partial charge in [-0.1, -0.05) is 6.07 Å². The molecule has 1 aliphatic rings. The number of carbonyl (C=O) groups is 3. The second-order valence-electron chi connectivity index (χ2n) is 8.08. The van der Waals surface area contributed by atoms with Gasteiger partial charge in [0.25, 0.3) is 11.8 Å². The molecule has 0 radical (unpaired) electrons. The highest BCUT2D eigenvalue weighted by Crippen LogP contribution is 2.24. The van der Waals surface area contributed by atoms with Crippen LogP contribution in [0.15, 0.2) is 42.6 Å². The first-order chi connectivity index (χ1) is 16.9. The van der Waals surface area contributed by atoms with Gasteiger partial charge in [-0.05, 0) is 36.8 Å². The zero-order valence-electron chi connectivity index (χ0n) is 18.6. The van der Waals surface area contributed by atoms with Crippen molar-refractivity contribution in [3.8, 4) is 5.75 Å². The first-order valence-electron chi connectivity index (χ1n) is 10.8. The summed E-state index contributed by atoms with van der Waals surface area (Å²) in [5.74, 6) is -1.21. The predicted molar refractivity (Wildman–Crippen MR) is 125 cm³/mol.